The molecule has 20 heavy (non-hydrogen) atoms. The van der Waals surface area contributed by atoms with Crippen molar-refractivity contribution in [3.8, 4) is 0 Å². The summed E-state index contributed by atoms with van der Waals surface area (Å²) in [5.74, 6) is -3.51. The first-order valence-electron chi connectivity index (χ1n) is 5.42. The topological polar surface area (TPSA) is 79.3 Å². The number of carboxylic acids is 1. The Balaban J connectivity index is 2.17. The quantitative estimate of drug-likeness (QED) is 0.903. The summed E-state index contributed by atoms with van der Waals surface area (Å²) in [5.41, 5.74) is -0.187. The first-order chi connectivity index (χ1) is 9.45. The van der Waals surface area contributed by atoms with Crippen LogP contribution in [0.25, 0.3) is 0 Å². The number of rotatable bonds is 3. The van der Waals surface area contributed by atoms with Crippen LogP contribution in [0.5, 0.6) is 0 Å². The maximum Gasteiger partial charge on any atom is 0.354 e. The molecule has 1 heterocycles. The van der Waals surface area contributed by atoms with Crippen LogP contribution in [-0.4, -0.2) is 22.0 Å². The number of carbonyl (C=O) groups excluding carboxylic acids is 1. The summed E-state index contributed by atoms with van der Waals surface area (Å²) < 4.78 is 25.9. The lowest BCUT2D eigenvalue weighted by atomic mass is 10.2. The van der Waals surface area contributed by atoms with Gasteiger partial charge in [-0.05, 0) is 24.3 Å². The minimum atomic E-state index is -1.22. The Hall–Kier alpha value is -2.83. The minimum Gasteiger partial charge on any atom is -0.477 e. The number of halogens is 2. The predicted octanol–water partition coefficient (Wildman–Crippen LogP) is 2.31. The highest BCUT2D eigenvalue weighted by atomic mass is 19.1. The van der Waals surface area contributed by atoms with Crippen molar-refractivity contribution < 1.29 is 23.5 Å². The molecule has 0 aliphatic rings. The molecule has 0 unspecified atom stereocenters. The summed E-state index contributed by atoms with van der Waals surface area (Å²) in [4.78, 5) is 25.9. The lowest BCUT2D eigenvalue weighted by Crippen LogP contribution is -2.13. The SMILES string of the molecule is O=C(Nc1cc(F)cc(F)c1)c1ccc(C(=O)O)nc1. The lowest BCUT2D eigenvalue weighted by Gasteiger charge is -2.05. The zero-order chi connectivity index (χ0) is 14.7. The highest BCUT2D eigenvalue weighted by Crippen LogP contribution is 2.14. The number of nitrogens with zero attached hydrogens (tertiary/aromatic N) is 1. The Morgan fingerprint density at radius 2 is 1.75 bits per heavy atom. The van der Waals surface area contributed by atoms with Crippen LogP contribution in [0.15, 0.2) is 36.5 Å². The number of carbonyl (C=O) groups is 2. The number of hydrogen-bond acceptors (Lipinski definition) is 3. The third kappa shape index (κ3) is 3.14. The molecule has 5 nitrogen and oxygen atoms in total. The number of nitrogens with one attached hydrogen (secondary N) is 1. The van der Waals surface area contributed by atoms with Crippen molar-refractivity contribution in [2.45, 2.75) is 0 Å². The van der Waals surface area contributed by atoms with Gasteiger partial charge in [-0.25, -0.2) is 18.6 Å². The molecule has 2 rings (SSSR count). The second kappa shape index (κ2) is 5.43. The average Bonchev–Trinajstić information content (AvgIpc) is 2.37. The van der Waals surface area contributed by atoms with Crippen LogP contribution < -0.4 is 5.32 Å². The van der Waals surface area contributed by atoms with E-state index in [0.717, 1.165) is 24.4 Å². The van der Waals surface area contributed by atoms with Crippen LogP contribution in [0.2, 0.25) is 0 Å². The zero-order valence-electron chi connectivity index (χ0n) is 9.93. The maximum absolute atomic E-state index is 13.0. The summed E-state index contributed by atoms with van der Waals surface area (Å²) >= 11 is 0. The third-order valence-corrected chi connectivity index (χ3v) is 2.37. The fraction of sp³-hybridized carbons (Fsp3) is 0. The van der Waals surface area contributed by atoms with Crippen molar-refractivity contribution in [1.82, 2.24) is 4.98 Å². The van der Waals surface area contributed by atoms with Crippen molar-refractivity contribution in [2.75, 3.05) is 5.32 Å². The number of anilines is 1. The molecule has 0 aliphatic heterocycles. The molecular weight excluding hydrogens is 270 g/mol. The van der Waals surface area contributed by atoms with E-state index in [2.05, 4.69) is 10.3 Å². The molecule has 2 aromatic rings. The number of pyridine rings is 1. The van der Waals surface area contributed by atoms with E-state index < -0.39 is 23.5 Å². The van der Waals surface area contributed by atoms with Crippen molar-refractivity contribution in [3.05, 3.63) is 59.4 Å². The molecule has 0 bridgehead atoms. The van der Waals surface area contributed by atoms with Gasteiger partial charge >= 0.3 is 5.97 Å². The van der Waals surface area contributed by atoms with E-state index in [-0.39, 0.29) is 16.9 Å². The van der Waals surface area contributed by atoms with E-state index in [1.165, 1.54) is 6.07 Å². The van der Waals surface area contributed by atoms with Gasteiger partial charge in [0.1, 0.15) is 17.3 Å². The van der Waals surface area contributed by atoms with Crippen molar-refractivity contribution in [3.63, 3.8) is 0 Å². The Bertz CT molecular complexity index is 652. The predicted molar refractivity (Wildman–Crippen MR) is 65.5 cm³/mol. The number of benzene rings is 1. The molecule has 0 radical (unpaired) electrons. The average molecular weight is 278 g/mol. The Labute approximate surface area is 111 Å². The lowest BCUT2D eigenvalue weighted by molar-refractivity contribution is 0.0690. The van der Waals surface area contributed by atoms with Gasteiger partial charge in [-0.2, -0.15) is 0 Å². The second-order valence-corrected chi connectivity index (χ2v) is 3.85. The van der Waals surface area contributed by atoms with Gasteiger partial charge in [0, 0.05) is 18.0 Å². The van der Waals surface area contributed by atoms with Gasteiger partial charge in [-0.1, -0.05) is 0 Å². The number of amides is 1. The smallest absolute Gasteiger partial charge is 0.354 e. The molecule has 1 amide bonds. The molecule has 0 aliphatic carbocycles. The number of aromatic nitrogens is 1. The van der Waals surface area contributed by atoms with Crippen LogP contribution in [0.4, 0.5) is 14.5 Å². The van der Waals surface area contributed by atoms with Crippen molar-refractivity contribution in [1.29, 1.82) is 0 Å². The highest BCUT2D eigenvalue weighted by Gasteiger charge is 2.10. The molecule has 0 spiro atoms. The number of aromatic carboxylic acids is 1. The van der Waals surface area contributed by atoms with E-state index in [0.29, 0.717) is 6.07 Å². The van der Waals surface area contributed by atoms with E-state index in [1.54, 1.807) is 0 Å². The Kier molecular flexibility index (Phi) is 3.69. The van der Waals surface area contributed by atoms with E-state index >= 15 is 0 Å². The van der Waals surface area contributed by atoms with Gasteiger partial charge in [0.05, 0.1) is 5.56 Å². The normalized spacial score (nSPS) is 10.1. The van der Waals surface area contributed by atoms with Gasteiger partial charge in [0.15, 0.2) is 0 Å². The third-order valence-electron chi connectivity index (χ3n) is 2.37. The zero-order valence-corrected chi connectivity index (χ0v) is 9.93. The fourth-order valence-corrected chi connectivity index (χ4v) is 1.48. The minimum absolute atomic E-state index is 0.0465. The van der Waals surface area contributed by atoms with Crippen LogP contribution in [-0.2, 0) is 0 Å². The van der Waals surface area contributed by atoms with Gasteiger partial charge in [-0.3, -0.25) is 4.79 Å². The van der Waals surface area contributed by atoms with Gasteiger partial charge in [0.2, 0.25) is 0 Å². The van der Waals surface area contributed by atoms with Gasteiger partial charge in [0.25, 0.3) is 5.91 Å². The highest BCUT2D eigenvalue weighted by molar-refractivity contribution is 6.04. The standard InChI is InChI=1S/C13H8F2N2O3/c14-8-3-9(15)5-10(4-8)17-12(18)7-1-2-11(13(19)20)16-6-7/h1-6H,(H,17,18)(H,19,20). The summed E-state index contributed by atoms with van der Waals surface area (Å²) in [7, 11) is 0. The molecule has 1 aromatic carbocycles. The maximum atomic E-state index is 13.0. The van der Waals surface area contributed by atoms with Crippen LogP contribution in [0, 0.1) is 11.6 Å². The number of hydrogen-bond donors (Lipinski definition) is 2. The summed E-state index contributed by atoms with van der Waals surface area (Å²) in [6.45, 7) is 0. The Morgan fingerprint density at radius 3 is 2.25 bits per heavy atom. The molecule has 0 saturated carbocycles. The summed E-state index contributed by atoms with van der Waals surface area (Å²) in [6, 6.07) is 5.00. The molecule has 102 valence electrons. The first-order valence-corrected chi connectivity index (χ1v) is 5.42. The second-order valence-electron chi connectivity index (χ2n) is 3.85. The molecule has 7 heteroatoms. The van der Waals surface area contributed by atoms with Crippen molar-refractivity contribution >= 4 is 17.6 Å². The van der Waals surface area contributed by atoms with E-state index in [1.807, 2.05) is 0 Å². The Morgan fingerprint density at radius 1 is 1.10 bits per heavy atom. The van der Waals surface area contributed by atoms with Crippen LogP contribution in [0.1, 0.15) is 20.8 Å². The summed E-state index contributed by atoms with van der Waals surface area (Å²) in [6.07, 6.45) is 1.06. The van der Waals surface area contributed by atoms with Crippen LogP contribution >= 0.6 is 0 Å². The monoisotopic (exact) mass is 278 g/mol. The molecule has 0 fully saturated rings. The van der Waals surface area contributed by atoms with E-state index in [4.69, 9.17) is 5.11 Å². The molecule has 1 aromatic heterocycles. The molecule has 0 atom stereocenters. The largest absolute Gasteiger partial charge is 0.477 e. The molecule has 2 N–H and O–H groups in total. The molecule has 0 saturated heterocycles. The fourth-order valence-electron chi connectivity index (χ4n) is 1.48. The van der Waals surface area contributed by atoms with Gasteiger partial charge < -0.3 is 10.4 Å². The van der Waals surface area contributed by atoms with E-state index in [9.17, 15) is 18.4 Å². The summed E-state index contributed by atoms with van der Waals surface area (Å²) in [5, 5.41) is 10.9. The van der Waals surface area contributed by atoms with Crippen molar-refractivity contribution in [2.24, 2.45) is 0 Å². The number of carboxylic acid groups (broad SMARTS) is 1. The van der Waals surface area contributed by atoms with Gasteiger partial charge in [-0.15, -0.1) is 0 Å². The van der Waals surface area contributed by atoms with Crippen LogP contribution in [0.3, 0.4) is 0 Å². The first kappa shape index (κ1) is 13.6. The molecular formula is C13H8F2N2O3.